The van der Waals surface area contributed by atoms with E-state index in [-0.39, 0.29) is 5.54 Å². The number of benzene rings is 1. The minimum Gasteiger partial charge on any atom is -0.308 e. The maximum absolute atomic E-state index is 3.82. The van der Waals surface area contributed by atoms with Crippen molar-refractivity contribution < 1.29 is 0 Å². The summed E-state index contributed by atoms with van der Waals surface area (Å²) in [6.45, 7) is 9.38. The Morgan fingerprint density at radius 2 is 2.00 bits per heavy atom. The van der Waals surface area contributed by atoms with Crippen molar-refractivity contribution in [3.63, 3.8) is 0 Å². The SMILES string of the molecule is CCC1(C)CN(C2CCC(C)C2)C(c2ccccc2)CN1. The first-order valence-corrected chi connectivity index (χ1v) is 8.67. The second-order valence-electron chi connectivity index (χ2n) is 7.47. The highest BCUT2D eigenvalue weighted by Gasteiger charge is 2.40. The minimum absolute atomic E-state index is 0.275. The fourth-order valence-corrected chi connectivity index (χ4v) is 4.11. The summed E-state index contributed by atoms with van der Waals surface area (Å²) in [4.78, 5) is 2.82. The molecule has 3 rings (SSSR count). The first-order chi connectivity index (χ1) is 10.1. The molecule has 0 radical (unpaired) electrons. The molecule has 1 heterocycles. The average molecular weight is 286 g/mol. The molecular weight excluding hydrogens is 256 g/mol. The van der Waals surface area contributed by atoms with Crippen molar-refractivity contribution >= 4 is 0 Å². The van der Waals surface area contributed by atoms with Gasteiger partial charge in [0.25, 0.3) is 0 Å². The summed E-state index contributed by atoms with van der Waals surface area (Å²) in [6.07, 6.45) is 5.36. The normalized spacial score (nSPS) is 37.8. The van der Waals surface area contributed by atoms with Gasteiger partial charge in [-0.25, -0.2) is 0 Å². The van der Waals surface area contributed by atoms with E-state index in [9.17, 15) is 0 Å². The van der Waals surface area contributed by atoms with Crippen LogP contribution >= 0.6 is 0 Å². The summed E-state index contributed by atoms with van der Waals surface area (Å²) >= 11 is 0. The van der Waals surface area contributed by atoms with Crippen LogP contribution in [0.25, 0.3) is 0 Å². The second kappa shape index (κ2) is 6.10. The van der Waals surface area contributed by atoms with Gasteiger partial charge in [-0.15, -0.1) is 0 Å². The van der Waals surface area contributed by atoms with Gasteiger partial charge in [-0.1, -0.05) is 44.2 Å². The fraction of sp³-hybridized carbons (Fsp3) is 0.684. The van der Waals surface area contributed by atoms with Gasteiger partial charge in [-0.3, -0.25) is 4.90 Å². The molecular formula is C19H30N2. The lowest BCUT2D eigenvalue weighted by atomic mass is 9.89. The standard InChI is InChI=1S/C19H30N2/c1-4-19(3)14-21(17-11-10-15(2)12-17)18(13-20-19)16-8-6-5-7-9-16/h5-9,15,17-18,20H,4,10-14H2,1-3H3. The molecule has 2 nitrogen and oxygen atoms in total. The van der Waals surface area contributed by atoms with E-state index in [4.69, 9.17) is 0 Å². The molecule has 1 aliphatic carbocycles. The molecule has 2 fully saturated rings. The third-order valence-electron chi connectivity index (χ3n) is 5.75. The summed E-state index contributed by atoms with van der Waals surface area (Å²) in [7, 11) is 0. The summed E-state index contributed by atoms with van der Waals surface area (Å²) in [5.74, 6) is 0.897. The maximum Gasteiger partial charge on any atom is 0.0476 e. The molecule has 0 spiro atoms. The zero-order chi connectivity index (χ0) is 14.9. The van der Waals surface area contributed by atoms with Crippen molar-refractivity contribution in [2.45, 2.75) is 64.1 Å². The molecule has 1 aromatic carbocycles. The minimum atomic E-state index is 0.275. The van der Waals surface area contributed by atoms with E-state index < -0.39 is 0 Å². The summed E-state index contributed by atoms with van der Waals surface area (Å²) in [6, 6.07) is 12.4. The molecule has 21 heavy (non-hydrogen) atoms. The Morgan fingerprint density at radius 3 is 2.62 bits per heavy atom. The van der Waals surface area contributed by atoms with E-state index in [0.717, 1.165) is 18.5 Å². The lowest BCUT2D eigenvalue weighted by Crippen LogP contribution is -2.61. The van der Waals surface area contributed by atoms with Crippen molar-refractivity contribution in [2.24, 2.45) is 5.92 Å². The van der Waals surface area contributed by atoms with Gasteiger partial charge in [0.1, 0.15) is 0 Å². The first kappa shape index (κ1) is 15.1. The molecule has 0 amide bonds. The molecule has 0 aromatic heterocycles. The van der Waals surface area contributed by atoms with E-state index >= 15 is 0 Å². The smallest absolute Gasteiger partial charge is 0.0476 e. The third kappa shape index (κ3) is 3.17. The Kier molecular flexibility index (Phi) is 4.37. The zero-order valence-corrected chi connectivity index (χ0v) is 13.8. The highest BCUT2D eigenvalue weighted by molar-refractivity contribution is 5.21. The summed E-state index contributed by atoms with van der Waals surface area (Å²) < 4.78 is 0. The molecule has 2 aliphatic rings. The van der Waals surface area contributed by atoms with E-state index in [2.05, 4.69) is 61.3 Å². The number of piperazine rings is 1. The van der Waals surface area contributed by atoms with Crippen LogP contribution in [0.2, 0.25) is 0 Å². The van der Waals surface area contributed by atoms with Crippen LogP contribution < -0.4 is 5.32 Å². The van der Waals surface area contributed by atoms with Crippen LogP contribution in [0, 0.1) is 5.92 Å². The van der Waals surface area contributed by atoms with E-state index in [1.807, 2.05) is 0 Å². The number of nitrogens with one attached hydrogen (secondary N) is 1. The van der Waals surface area contributed by atoms with Gasteiger partial charge in [0.2, 0.25) is 0 Å². The van der Waals surface area contributed by atoms with Crippen LogP contribution in [0.15, 0.2) is 30.3 Å². The van der Waals surface area contributed by atoms with Gasteiger partial charge in [0, 0.05) is 30.7 Å². The Morgan fingerprint density at radius 1 is 1.24 bits per heavy atom. The van der Waals surface area contributed by atoms with E-state index in [1.165, 1.54) is 37.8 Å². The molecule has 116 valence electrons. The lowest BCUT2D eigenvalue weighted by molar-refractivity contribution is 0.0456. The Hall–Kier alpha value is -0.860. The number of hydrogen-bond acceptors (Lipinski definition) is 2. The Balaban J connectivity index is 1.84. The quantitative estimate of drug-likeness (QED) is 0.904. The Labute approximate surface area is 129 Å². The lowest BCUT2D eigenvalue weighted by Gasteiger charge is -2.49. The highest BCUT2D eigenvalue weighted by Crippen LogP contribution is 2.37. The molecule has 1 saturated heterocycles. The van der Waals surface area contributed by atoms with Crippen molar-refractivity contribution in [3.8, 4) is 0 Å². The van der Waals surface area contributed by atoms with Gasteiger partial charge in [-0.05, 0) is 44.1 Å². The van der Waals surface area contributed by atoms with E-state index in [0.29, 0.717) is 6.04 Å². The van der Waals surface area contributed by atoms with Crippen molar-refractivity contribution in [3.05, 3.63) is 35.9 Å². The van der Waals surface area contributed by atoms with Crippen LogP contribution in [0.5, 0.6) is 0 Å². The second-order valence-corrected chi connectivity index (χ2v) is 7.47. The molecule has 1 aliphatic heterocycles. The van der Waals surface area contributed by atoms with Crippen LogP contribution in [-0.4, -0.2) is 29.6 Å². The Bertz CT molecular complexity index is 458. The topological polar surface area (TPSA) is 15.3 Å². The van der Waals surface area contributed by atoms with Gasteiger partial charge in [0.15, 0.2) is 0 Å². The fourth-order valence-electron chi connectivity index (χ4n) is 4.11. The predicted octanol–water partition coefficient (Wildman–Crippen LogP) is 3.99. The zero-order valence-electron chi connectivity index (χ0n) is 13.8. The van der Waals surface area contributed by atoms with E-state index in [1.54, 1.807) is 0 Å². The molecule has 2 heteroatoms. The largest absolute Gasteiger partial charge is 0.308 e. The van der Waals surface area contributed by atoms with Gasteiger partial charge in [0.05, 0.1) is 0 Å². The maximum atomic E-state index is 3.82. The molecule has 1 aromatic rings. The summed E-state index contributed by atoms with van der Waals surface area (Å²) in [5.41, 5.74) is 1.75. The molecule has 0 bridgehead atoms. The van der Waals surface area contributed by atoms with Crippen molar-refractivity contribution in [1.82, 2.24) is 10.2 Å². The first-order valence-electron chi connectivity index (χ1n) is 8.67. The van der Waals surface area contributed by atoms with Crippen molar-refractivity contribution in [2.75, 3.05) is 13.1 Å². The average Bonchev–Trinajstić information content (AvgIpc) is 2.95. The van der Waals surface area contributed by atoms with Crippen LogP contribution in [0.1, 0.15) is 58.1 Å². The van der Waals surface area contributed by atoms with Crippen LogP contribution in [0.4, 0.5) is 0 Å². The summed E-state index contributed by atoms with van der Waals surface area (Å²) in [5, 5.41) is 3.82. The van der Waals surface area contributed by atoms with Gasteiger partial charge >= 0.3 is 0 Å². The number of rotatable bonds is 3. The number of hydrogen-bond donors (Lipinski definition) is 1. The molecule has 1 N–H and O–H groups in total. The monoisotopic (exact) mass is 286 g/mol. The highest BCUT2D eigenvalue weighted by atomic mass is 15.3. The predicted molar refractivity (Wildman–Crippen MR) is 89.4 cm³/mol. The third-order valence-corrected chi connectivity index (χ3v) is 5.75. The van der Waals surface area contributed by atoms with Crippen LogP contribution in [-0.2, 0) is 0 Å². The van der Waals surface area contributed by atoms with Gasteiger partial charge < -0.3 is 5.32 Å². The van der Waals surface area contributed by atoms with Crippen molar-refractivity contribution in [1.29, 1.82) is 0 Å². The molecule has 1 saturated carbocycles. The van der Waals surface area contributed by atoms with Crippen LogP contribution in [0.3, 0.4) is 0 Å². The molecule has 4 atom stereocenters. The molecule has 4 unspecified atom stereocenters. The van der Waals surface area contributed by atoms with Gasteiger partial charge in [-0.2, -0.15) is 0 Å². The number of nitrogens with zero attached hydrogens (tertiary/aromatic N) is 1.